The lowest BCUT2D eigenvalue weighted by atomic mass is 9.90. The minimum atomic E-state index is -4.64. The van der Waals surface area contributed by atoms with Gasteiger partial charge in [-0.1, -0.05) is 54.4 Å². The maximum Gasteiger partial charge on any atom is 0.417 e. The summed E-state index contributed by atoms with van der Waals surface area (Å²) in [6.07, 6.45) is 0.0168. The van der Waals surface area contributed by atoms with E-state index in [1.165, 1.54) is 12.1 Å². The van der Waals surface area contributed by atoms with Gasteiger partial charge in [0.25, 0.3) is 5.91 Å². The van der Waals surface area contributed by atoms with Crippen LogP contribution in [0, 0.1) is 0 Å². The van der Waals surface area contributed by atoms with Gasteiger partial charge in [-0.3, -0.25) is 9.78 Å². The highest BCUT2D eigenvalue weighted by Gasteiger charge is 2.36. The number of likely N-dealkylation sites (tertiary alicyclic amines) is 1. The van der Waals surface area contributed by atoms with Gasteiger partial charge in [0.15, 0.2) is 0 Å². The zero-order chi connectivity index (χ0) is 24.3. The van der Waals surface area contributed by atoms with Crippen molar-refractivity contribution in [2.45, 2.75) is 37.5 Å². The third kappa shape index (κ3) is 5.26. The van der Waals surface area contributed by atoms with Crippen LogP contribution in [0.3, 0.4) is 0 Å². The molecule has 1 aromatic heterocycles. The fraction of sp³-hybridized carbons (Fsp3) is 0.308. The largest absolute Gasteiger partial charge is 0.417 e. The molecule has 4 rings (SSSR count). The zero-order valence-corrected chi connectivity index (χ0v) is 19.4. The lowest BCUT2D eigenvalue weighted by molar-refractivity contribution is -0.137. The summed E-state index contributed by atoms with van der Waals surface area (Å²) in [5.41, 5.74) is 1.43. The normalized spacial score (nSPS) is 17.9. The number of benzene rings is 2. The lowest BCUT2D eigenvalue weighted by Gasteiger charge is -2.38. The number of piperidine rings is 1. The summed E-state index contributed by atoms with van der Waals surface area (Å²) in [6.45, 7) is 0.882. The van der Waals surface area contributed by atoms with E-state index in [9.17, 15) is 18.0 Å². The molecule has 2 aromatic carbocycles. The van der Waals surface area contributed by atoms with Gasteiger partial charge in [0.2, 0.25) is 0 Å². The summed E-state index contributed by atoms with van der Waals surface area (Å²) in [7, 11) is 2.00. The van der Waals surface area contributed by atoms with Gasteiger partial charge >= 0.3 is 6.18 Å². The molecule has 1 amide bonds. The van der Waals surface area contributed by atoms with Crippen molar-refractivity contribution in [1.29, 1.82) is 0 Å². The molecular formula is C26H25ClF3N3O. The van der Waals surface area contributed by atoms with Crippen LogP contribution in [0.15, 0.2) is 66.9 Å². The third-order valence-corrected chi connectivity index (χ3v) is 6.68. The molecule has 1 aliphatic rings. The Morgan fingerprint density at radius 2 is 1.85 bits per heavy atom. The Labute approximate surface area is 201 Å². The predicted molar refractivity (Wildman–Crippen MR) is 127 cm³/mol. The molecule has 2 heterocycles. The fourth-order valence-electron chi connectivity index (χ4n) is 4.46. The number of pyridine rings is 1. The monoisotopic (exact) mass is 487 g/mol. The van der Waals surface area contributed by atoms with Crippen molar-refractivity contribution in [2.75, 3.05) is 13.6 Å². The van der Waals surface area contributed by atoms with Crippen LogP contribution in [-0.4, -0.2) is 35.4 Å². The van der Waals surface area contributed by atoms with Gasteiger partial charge in [0.05, 0.1) is 27.9 Å². The van der Waals surface area contributed by atoms with Crippen LogP contribution in [0.1, 0.15) is 46.8 Å². The molecule has 8 heteroatoms. The first-order valence-corrected chi connectivity index (χ1v) is 11.5. The van der Waals surface area contributed by atoms with E-state index in [-0.39, 0.29) is 11.6 Å². The average Bonchev–Trinajstić information content (AvgIpc) is 2.83. The lowest BCUT2D eigenvalue weighted by Crippen LogP contribution is -2.47. The molecule has 4 nitrogen and oxygen atoms in total. The average molecular weight is 488 g/mol. The number of rotatable bonds is 5. The van der Waals surface area contributed by atoms with E-state index in [1.807, 2.05) is 49.5 Å². The minimum Gasteiger partial charge on any atom is -0.344 e. The van der Waals surface area contributed by atoms with E-state index in [2.05, 4.69) is 15.2 Å². The number of alkyl halides is 3. The van der Waals surface area contributed by atoms with E-state index in [0.717, 1.165) is 48.7 Å². The maximum atomic E-state index is 13.3. The topological polar surface area (TPSA) is 45.2 Å². The number of hydrogen-bond donors (Lipinski definition) is 1. The Kier molecular flexibility index (Phi) is 7.24. The number of hydrogen-bond acceptors (Lipinski definition) is 3. The number of carbonyl (C=O) groups excluding carboxylic acids is 1. The minimum absolute atomic E-state index is 0.00275. The van der Waals surface area contributed by atoms with Gasteiger partial charge in [-0.05, 0) is 56.3 Å². The van der Waals surface area contributed by atoms with Gasteiger partial charge in [-0.25, -0.2) is 0 Å². The molecule has 0 spiro atoms. The smallest absolute Gasteiger partial charge is 0.344 e. The van der Waals surface area contributed by atoms with Crippen molar-refractivity contribution in [3.63, 3.8) is 0 Å². The Balaban J connectivity index is 1.66. The predicted octanol–water partition coefficient (Wildman–Crippen LogP) is 6.38. The molecule has 0 unspecified atom stereocenters. The summed E-state index contributed by atoms with van der Waals surface area (Å²) in [5.74, 6) is -0.631. The summed E-state index contributed by atoms with van der Waals surface area (Å²) in [5, 5.41) is 2.39. The van der Waals surface area contributed by atoms with E-state index >= 15 is 0 Å². The third-order valence-electron chi connectivity index (χ3n) is 6.28. The molecular weight excluding hydrogens is 463 g/mol. The fourth-order valence-corrected chi connectivity index (χ4v) is 4.78. The zero-order valence-electron chi connectivity index (χ0n) is 18.6. The van der Waals surface area contributed by atoms with E-state index in [4.69, 9.17) is 11.6 Å². The Morgan fingerprint density at radius 3 is 2.50 bits per heavy atom. The number of aromatic nitrogens is 1. The quantitative estimate of drug-likeness (QED) is 0.454. The molecule has 34 heavy (non-hydrogen) atoms. The number of carbonyl (C=O) groups is 1. The number of amides is 1. The molecule has 0 aliphatic carbocycles. The molecule has 0 bridgehead atoms. The highest BCUT2D eigenvalue weighted by Crippen LogP contribution is 2.37. The number of nitrogens with one attached hydrogen (secondary N) is 1. The van der Waals surface area contributed by atoms with Crippen molar-refractivity contribution in [2.24, 2.45) is 0 Å². The van der Waals surface area contributed by atoms with E-state index in [0.29, 0.717) is 0 Å². The highest BCUT2D eigenvalue weighted by atomic mass is 35.5. The summed E-state index contributed by atoms with van der Waals surface area (Å²) < 4.78 is 39.9. The first kappa shape index (κ1) is 24.2. The number of nitrogens with zero attached hydrogens (tertiary/aromatic N) is 2. The van der Waals surface area contributed by atoms with Crippen molar-refractivity contribution < 1.29 is 18.0 Å². The molecule has 3 aromatic rings. The van der Waals surface area contributed by atoms with Crippen LogP contribution in [0.25, 0.3) is 11.3 Å². The van der Waals surface area contributed by atoms with Crippen LogP contribution >= 0.6 is 11.6 Å². The maximum absolute atomic E-state index is 13.3. The molecule has 0 radical (unpaired) electrons. The van der Waals surface area contributed by atoms with E-state index in [1.54, 1.807) is 6.20 Å². The second kappa shape index (κ2) is 10.2. The summed E-state index contributed by atoms with van der Waals surface area (Å²) >= 11 is 6.02. The van der Waals surface area contributed by atoms with Gasteiger partial charge in [-0.15, -0.1) is 0 Å². The second-order valence-electron chi connectivity index (χ2n) is 8.50. The second-order valence-corrected chi connectivity index (χ2v) is 8.87. The Bertz CT molecular complexity index is 1140. The van der Waals surface area contributed by atoms with Crippen LogP contribution in [0.4, 0.5) is 13.2 Å². The molecule has 0 saturated carbocycles. The Morgan fingerprint density at radius 1 is 1.09 bits per heavy atom. The van der Waals surface area contributed by atoms with Crippen molar-refractivity contribution >= 4 is 17.5 Å². The van der Waals surface area contributed by atoms with Crippen LogP contribution in [-0.2, 0) is 6.18 Å². The SMILES string of the molecule is CN1CCCC[C@H]1[C@@H](NC(=O)c1cccc(C(F)(F)F)c1Cl)c1ccc(-c2ccccn2)cc1. The van der Waals surface area contributed by atoms with Gasteiger partial charge in [-0.2, -0.15) is 13.2 Å². The van der Waals surface area contributed by atoms with Crippen LogP contribution < -0.4 is 5.32 Å². The highest BCUT2D eigenvalue weighted by molar-refractivity contribution is 6.34. The molecule has 1 aliphatic heterocycles. The van der Waals surface area contributed by atoms with Gasteiger partial charge in [0.1, 0.15) is 0 Å². The molecule has 2 atom stereocenters. The van der Waals surface area contributed by atoms with E-state index < -0.39 is 28.7 Å². The Hall–Kier alpha value is -2.90. The molecule has 1 N–H and O–H groups in total. The van der Waals surface area contributed by atoms with Gasteiger partial charge in [0, 0.05) is 17.8 Å². The van der Waals surface area contributed by atoms with Crippen LogP contribution in [0.5, 0.6) is 0 Å². The first-order valence-electron chi connectivity index (χ1n) is 11.1. The van der Waals surface area contributed by atoms with Crippen molar-refractivity contribution in [1.82, 2.24) is 15.2 Å². The van der Waals surface area contributed by atoms with Crippen LogP contribution in [0.2, 0.25) is 5.02 Å². The molecule has 1 fully saturated rings. The number of likely N-dealkylation sites (N-methyl/N-ethyl adjacent to an activating group) is 1. The molecule has 1 saturated heterocycles. The van der Waals surface area contributed by atoms with Crippen molar-refractivity contribution in [3.05, 3.63) is 88.6 Å². The van der Waals surface area contributed by atoms with Gasteiger partial charge < -0.3 is 10.2 Å². The van der Waals surface area contributed by atoms with Crippen molar-refractivity contribution in [3.8, 4) is 11.3 Å². The summed E-state index contributed by atoms with van der Waals surface area (Å²) in [4.78, 5) is 19.7. The standard InChI is InChI=1S/C26H25ClF3N3O/c1-33-16-5-3-10-22(33)24(18-13-11-17(12-14-18)21-9-2-4-15-31-21)32-25(34)19-7-6-8-20(23(19)27)26(28,29)30/h2,4,6-9,11-15,22,24H,3,5,10,16H2,1H3,(H,32,34)/t22-,24-/m0/s1. The first-order chi connectivity index (χ1) is 16.3. The molecule has 178 valence electrons. The summed E-state index contributed by atoms with van der Waals surface area (Å²) in [6, 6.07) is 16.4. The number of halogens is 4.